The summed E-state index contributed by atoms with van der Waals surface area (Å²) >= 11 is 1.57. The second kappa shape index (κ2) is 6.11. The van der Waals surface area contributed by atoms with Gasteiger partial charge in [0.25, 0.3) is 5.91 Å². The van der Waals surface area contributed by atoms with Crippen LogP contribution in [0.3, 0.4) is 0 Å². The molecule has 22 heavy (non-hydrogen) atoms. The highest BCUT2D eigenvalue weighted by Crippen LogP contribution is 2.17. The molecular formula is C16H16N4OS. The van der Waals surface area contributed by atoms with E-state index in [0.717, 1.165) is 28.3 Å². The molecule has 0 unspecified atom stereocenters. The van der Waals surface area contributed by atoms with Gasteiger partial charge in [-0.2, -0.15) is 5.10 Å². The van der Waals surface area contributed by atoms with E-state index in [9.17, 15) is 4.79 Å². The fourth-order valence-corrected chi connectivity index (χ4v) is 2.96. The lowest BCUT2D eigenvalue weighted by Gasteiger charge is -2.02. The van der Waals surface area contributed by atoms with Crippen molar-refractivity contribution in [2.24, 2.45) is 5.10 Å². The maximum Gasteiger partial charge on any atom is 0.271 e. The lowest BCUT2D eigenvalue weighted by atomic mass is 10.2. The van der Waals surface area contributed by atoms with Crippen LogP contribution in [-0.2, 0) is 6.54 Å². The number of aryl methyl sites for hydroxylation is 2. The molecule has 3 aromatic rings. The largest absolute Gasteiger partial charge is 0.329 e. The Kier molecular flexibility index (Phi) is 4.02. The number of nitrogens with zero attached hydrogens (tertiary/aromatic N) is 3. The summed E-state index contributed by atoms with van der Waals surface area (Å²) in [6, 6.07) is 9.40. The number of fused-ring (bicyclic) bond motifs is 1. The van der Waals surface area contributed by atoms with Crippen molar-refractivity contribution in [3.8, 4) is 0 Å². The smallest absolute Gasteiger partial charge is 0.271 e. The highest BCUT2D eigenvalue weighted by Gasteiger charge is 2.10. The number of amides is 1. The van der Waals surface area contributed by atoms with E-state index < -0.39 is 0 Å². The fourth-order valence-electron chi connectivity index (χ4n) is 2.37. The number of thiophene rings is 1. The van der Waals surface area contributed by atoms with E-state index in [-0.39, 0.29) is 5.91 Å². The maximum absolute atomic E-state index is 12.1. The third kappa shape index (κ3) is 2.78. The number of hydrogen-bond donors (Lipinski definition) is 1. The standard InChI is InChI=1S/C16H16N4OS/c1-3-20-11(2)18-14-9-12(6-7-15(14)20)16(21)19-17-10-13-5-4-8-22-13/h4-10H,3H2,1-2H3,(H,19,21). The summed E-state index contributed by atoms with van der Waals surface area (Å²) in [7, 11) is 0. The van der Waals surface area contributed by atoms with E-state index in [1.165, 1.54) is 0 Å². The number of carbonyl (C=O) groups is 1. The first kappa shape index (κ1) is 14.5. The zero-order valence-electron chi connectivity index (χ0n) is 12.4. The van der Waals surface area contributed by atoms with Gasteiger partial charge in [-0.15, -0.1) is 11.3 Å². The van der Waals surface area contributed by atoms with Crippen LogP contribution in [0.1, 0.15) is 28.0 Å². The van der Waals surface area contributed by atoms with Gasteiger partial charge in [0, 0.05) is 17.0 Å². The molecule has 0 bridgehead atoms. The monoisotopic (exact) mass is 312 g/mol. The Hall–Kier alpha value is -2.47. The van der Waals surface area contributed by atoms with E-state index in [1.807, 2.05) is 30.5 Å². The molecule has 6 heteroatoms. The summed E-state index contributed by atoms with van der Waals surface area (Å²) in [6.45, 7) is 4.90. The second-order valence-electron chi connectivity index (χ2n) is 4.82. The van der Waals surface area contributed by atoms with Gasteiger partial charge in [0.2, 0.25) is 0 Å². The molecule has 1 amide bonds. The molecule has 1 aromatic carbocycles. The number of hydrogen-bond acceptors (Lipinski definition) is 4. The molecule has 0 saturated heterocycles. The Morgan fingerprint density at radius 2 is 2.32 bits per heavy atom. The third-order valence-electron chi connectivity index (χ3n) is 3.42. The zero-order valence-corrected chi connectivity index (χ0v) is 13.2. The summed E-state index contributed by atoms with van der Waals surface area (Å²) in [5.74, 6) is 0.712. The normalized spacial score (nSPS) is 11.4. The van der Waals surface area contributed by atoms with Crippen LogP contribution in [0.4, 0.5) is 0 Å². The second-order valence-corrected chi connectivity index (χ2v) is 5.80. The SMILES string of the molecule is CCn1c(C)nc2cc(C(=O)NN=Cc3cccs3)ccc21. The molecule has 0 spiro atoms. The summed E-state index contributed by atoms with van der Waals surface area (Å²) in [5.41, 5.74) is 4.96. The molecule has 3 rings (SSSR count). The van der Waals surface area contributed by atoms with Gasteiger partial charge >= 0.3 is 0 Å². The van der Waals surface area contributed by atoms with Crippen molar-refractivity contribution < 1.29 is 4.79 Å². The predicted molar refractivity (Wildman–Crippen MR) is 89.5 cm³/mol. The number of carbonyl (C=O) groups excluding carboxylic acids is 1. The van der Waals surface area contributed by atoms with Gasteiger partial charge in [0.05, 0.1) is 17.2 Å². The molecule has 0 fully saturated rings. The Labute approximate surface area is 132 Å². The molecule has 0 aliphatic rings. The lowest BCUT2D eigenvalue weighted by Crippen LogP contribution is -2.17. The molecular weight excluding hydrogens is 296 g/mol. The van der Waals surface area contributed by atoms with E-state index in [0.29, 0.717) is 5.56 Å². The van der Waals surface area contributed by atoms with Crippen LogP contribution in [0.2, 0.25) is 0 Å². The minimum Gasteiger partial charge on any atom is -0.329 e. The molecule has 0 aliphatic carbocycles. The first-order valence-electron chi connectivity index (χ1n) is 7.03. The van der Waals surface area contributed by atoms with Crippen LogP contribution in [-0.4, -0.2) is 21.7 Å². The number of benzene rings is 1. The van der Waals surface area contributed by atoms with Crippen molar-refractivity contribution in [1.82, 2.24) is 15.0 Å². The van der Waals surface area contributed by atoms with Gasteiger partial charge in [-0.25, -0.2) is 10.4 Å². The highest BCUT2D eigenvalue weighted by molar-refractivity contribution is 7.11. The molecule has 112 valence electrons. The highest BCUT2D eigenvalue weighted by atomic mass is 32.1. The van der Waals surface area contributed by atoms with Gasteiger partial charge < -0.3 is 4.57 Å². The van der Waals surface area contributed by atoms with Crippen molar-refractivity contribution in [1.29, 1.82) is 0 Å². The molecule has 0 atom stereocenters. The van der Waals surface area contributed by atoms with Crippen molar-refractivity contribution in [3.63, 3.8) is 0 Å². The van der Waals surface area contributed by atoms with Gasteiger partial charge in [-0.1, -0.05) is 6.07 Å². The van der Waals surface area contributed by atoms with Crippen molar-refractivity contribution >= 4 is 34.5 Å². The van der Waals surface area contributed by atoms with Crippen molar-refractivity contribution in [2.75, 3.05) is 0 Å². The summed E-state index contributed by atoms with van der Waals surface area (Å²) < 4.78 is 2.12. The predicted octanol–water partition coefficient (Wildman–Crippen LogP) is 3.19. The van der Waals surface area contributed by atoms with Crippen LogP contribution >= 0.6 is 11.3 Å². The molecule has 0 radical (unpaired) electrons. The number of rotatable bonds is 4. The zero-order chi connectivity index (χ0) is 15.5. The minimum absolute atomic E-state index is 0.238. The van der Waals surface area contributed by atoms with E-state index in [1.54, 1.807) is 29.7 Å². The van der Waals surface area contributed by atoms with Gasteiger partial charge in [-0.3, -0.25) is 4.79 Å². The summed E-state index contributed by atoms with van der Waals surface area (Å²) in [6.07, 6.45) is 1.64. The van der Waals surface area contributed by atoms with E-state index in [2.05, 4.69) is 27.0 Å². The quantitative estimate of drug-likeness (QED) is 0.594. The molecule has 0 aliphatic heterocycles. The van der Waals surface area contributed by atoms with Crippen molar-refractivity contribution in [3.05, 3.63) is 52.0 Å². The average molecular weight is 312 g/mol. The first-order valence-corrected chi connectivity index (χ1v) is 7.91. The first-order chi connectivity index (χ1) is 10.7. The molecule has 2 aromatic heterocycles. The summed E-state index contributed by atoms with van der Waals surface area (Å²) in [4.78, 5) is 17.6. The van der Waals surface area contributed by atoms with Gasteiger partial charge in [0.1, 0.15) is 5.82 Å². The van der Waals surface area contributed by atoms with Crippen LogP contribution in [0.15, 0.2) is 40.8 Å². The number of imidazole rings is 1. The van der Waals surface area contributed by atoms with Crippen LogP contribution in [0, 0.1) is 6.92 Å². The lowest BCUT2D eigenvalue weighted by molar-refractivity contribution is 0.0955. The number of aromatic nitrogens is 2. The van der Waals surface area contributed by atoms with Crippen molar-refractivity contribution in [2.45, 2.75) is 20.4 Å². The van der Waals surface area contributed by atoms with E-state index in [4.69, 9.17) is 0 Å². The van der Waals surface area contributed by atoms with Crippen LogP contribution in [0.25, 0.3) is 11.0 Å². The topological polar surface area (TPSA) is 59.3 Å². The van der Waals surface area contributed by atoms with Gasteiger partial charge in [-0.05, 0) is 43.5 Å². The summed E-state index contributed by atoms with van der Waals surface area (Å²) in [5, 5.41) is 5.93. The Morgan fingerprint density at radius 3 is 3.05 bits per heavy atom. The number of hydrazone groups is 1. The third-order valence-corrected chi connectivity index (χ3v) is 4.23. The minimum atomic E-state index is -0.238. The maximum atomic E-state index is 12.1. The molecule has 1 N–H and O–H groups in total. The van der Waals surface area contributed by atoms with Gasteiger partial charge in [0.15, 0.2) is 0 Å². The molecule has 2 heterocycles. The Balaban J connectivity index is 1.79. The molecule has 5 nitrogen and oxygen atoms in total. The number of nitrogens with one attached hydrogen (secondary N) is 1. The van der Waals surface area contributed by atoms with Crippen LogP contribution in [0.5, 0.6) is 0 Å². The average Bonchev–Trinajstić information content (AvgIpc) is 3.12. The van der Waals surface area contributed by atoms with E-state index >= 15 is 0 Å². The molecule has 0 saturated carbocycles. The Bertz CT molecular complexity index is 833. The fraction of sp³-hybridized carbons (Fsp3) is 0.188. The Morgan fingerprint density at radius 1 is 1.45 bits per heavy atom. The van der Waals surface area contributed by atoms with Crippen LogP contribution < -0.4 is 5.43 Å².